The minimum atomic E-state index is -0.806. The van der Waals surface area contributed by atoms with Crippen molar-refractivity contribution in [3.63, 3.8) is 0 Å². The molecule has 2 aromatic rings. The normalized spacial score (nSPS) is 10.4. The number of ether oxygens (including phenoxy) is 1. The molecule has 13 heteroatoms. The van der Waals surface area contributed by atoms with E-state index in [1.54, 1.807) is 0 Å². The van der Waals surface area contributed by atoms with Gasteiger partial charge in [0.1, 0.15) is 0 Å². The molecular formula is C14H10N4O9. The Morgan fingerprint density at radius 2 is 1.00 bits per heavy atom. The highest BCUT2D eigenvalue weighted by Crippen LogP contribution is 2.28. The van der Waals surface area contributed by atoms with Gasteiger partial charge >= 0.3 is 0 Å². The first-order chi connectivity index (χ1) is 12.7. The maximum Gasteiger partial charge on any atom is 0.281 e. The zero-order chi connectivity index (χ0) is 20.1. The van der Waals surface area contributed by atoms with E-state index in [0.29, 0.717) is 0 Å². The van der Waals surface area contributed by atoms with Crippen molar-refractivity contribution in [2.45, 2.75) is 13.2 Å². The number of nitro benzene ring substituents is 4. The van der Waals surface area contributed by atoms with Crippen LogP contribution in [0, 0.1) is 40.5 Å². The molecular weight excluding hydrogens is 368 g/mol. The van der Waals surface area contributed by atoms with Gasteiger partial charge in [-0.15, -0.1) is 0 Å². The van der Waals surface area contributed by atoms with Crippen molar-refractivity contribution >= 4 is 22.7 Å². The van der Waals surface area contributed by atoms with Gasteiger partial charge in [0.25, 0.3) is 22.7 Å². The van der Waals surface area contributed by atoms with Gasteiger partial charge in [-0.05, 0) is 12.1 Å². The molecule has 0 bridgehead atoms. The molecule has 2 aromatic carbocycles. The molecule has 0 heterocycles. The van der Waals surface area contributed by atoms with Crippen molar-refractivity contribution < 1.29 is 24.4 Å². The predicted octanol–water partition coefficient (Wildman–Crippen LogP) is 3.04. The molecule has 2 rings (SSSR count). The molecule has 0 saturated heterocycles. The fourth-order valence-corrected chi connectivity index (χ4v) is 2.19. The monoisotopic (exact) mass is 378 g/mol. The van der Waals surface area contributed by atoms with Crippen molar-refractivity contribution in [2.75, 3.05) is 0 Å². The molecule has 0 unspecified atom stereocenters. The lowest BCUT2D eigenvalue weighted by atomic mass is 10.1. The van der Waals surface area contributed by atoms with Crippen LogP contribution in [0.2, 0.25) is 0 Å². The van der Waals surface area contributed by atoms with Gasteiger partial charge in [0.2, 0.25) is 0 Å². The second kappa shape index (κ2) is 7.92. The highest BCUT2D eigenvalue weighted by molar-refractivity contribution is 5.50. The molecule has 0 aromatic heterocycles. The van der Waals surface area contributed by atoms with E-state index in [-0.39, 0.29) is 24.3 Å². The Balaban J connectivity index is 2.19. The van der Waals surface area contributed by atoms with E-state index in [1.165, 1.54) is 0 Å². The molecule has 0 fully saturated rings. The third-order valence-electron chi connectivity index (χ3n) is 3.47. The molecule has 0 amide bonds. The molecule has 27 heavy (non-hydrogen) atoms. The molecule has 0 radical (unpaired) electrons. The van der Waals surface area contributed by atoms with Gasteiger partial charge in [0, 0.05) is 12.1 Å². The van der Waals surface area contributed by atoms with Gasteiger partial charge in [0.15, 0.2) is 0 Å². The molecule has 0 N–H and O–H groups in total. The van der Waals surface area contributed by atoms with Crippen molar-refractivity contribution in [1.82, 2.24) is 0 Å². The fourth-order valence-electron chi connectivity index (χ4n) is 2.19. The number of hydrogen-bond donors (Lipinski definition) is 0. The van der Waals surface area contributed by atoms with Gasteiger partial charge in [0.05, 0.1) is 56.2 Å². The van der Waals surface area contributed by atoms with E-state index in [0.717, 1.165) is 36.4 Å². The molecule has 0 spiro atoms. The van der Waals surface area contributed by atoms with E-state index in [2.05, 4.69) is 0 Å². The van der Waals surface area contributed by atoms with E-state index < -0.39 is 42.4 Å². The molecule has 0 aliphatic carbocycles. The number of nitro groups is 4. The number of hydrogen-bond acceptors (Lipinski definition) is 9. The van der Waals surface area contributed by atoms with E-state index >= 15 is 0 Å². The van der Waals surface area contributed by atoms with Crippen molar-refractivity contribution in [3.8, 4) is 0 Å². The summed E-state index contributed by atoms with van der Waals surface area (Å²) >= 11 is 0. The number of rotatable bonds is 8. The van der Waals surface area contributed by atoms with E-state index in [4.69, 9.17) is 4.74 Å². The van der Waals surface area contributed by atoms with Gasteiger partial charge in [-0.1, -0.05) is 0 Å². The zero-order valence-electron chi connectivity index (χ0n) is 13.3. The smallest absolute Gasteiger partial charge is 0.281 e. The van der Waals surface area contributed by atoms with E-state index in [9.17, 15) is 40.5 Å². The lowest BCUT2D eigenvalue weighted by Gasteiger charge is -2.06. The highest BCUT2D eigenvalue weighted by Gasteiger charge is 2.21. The third kappa shape index (κ3) is 4.55. The number of non-ortho nitro benzene ring substituents is 2. The van der Waals surface area contributed by atoms with Crippen LogP contribution in [0.5, 0.6) is 0 Å². The summed E-state index contributed by atoms with van der Waals surface area (Å²) in [6, 6.07) is 6.01. The molecule has 13 nitrogen and oxygen atoms in total. The maximum atomic E-state index is 11.0. The fraction of sp³-hybridized carbons (Fsp3) is 0.143. The second-order valence-corrected chi connectivity index (χ2v) is 5.15. The first-order valence-electron chi connectivity index (χ1n) is 7.12. The van der Waals surface area contributed by atoms with Gasteiger partial charge < -0.3 is 4.74 Å². The van der Waals surface area contributed by atoms with Crippen molar-refractivity contribution in [3.05, 3.63) is 88.0 Å². The molecule has 140 valence electrons. The topological polar surface area (TPSA) is 182 Å². The summed E-state index contributed by atoms with van der Waals surface area (Å²) in [4.78, 5) is 40.3. The summed E-state index contributed by atoms with van der Waals surface area (Å²) in [5.41, 5.74) is -1.90. The SMILES string of the molecule is O=[N+]([O-])c1ccc(COCc2ccc([N+](=O)[O-])cc2[N+](=O)[O-])c([N+](=O)[O-])c1. The lowest BCUT2D eigenvalue weighted by molar-refractivity contribution is -0.394. The third-order valence-corrected chi connectivity index (χ3v) is 3.47. The number of nitrogens with zero attached hydrogens (tertiary/aromatic N) is 4. The van der Waals surface area contributed by atoms with Gasteiger partial charge in [-0.25, -0.2) is 0 Å². The minimum absolute atomic E-state index is 0.0372. The van der Waals surface area contributed by atoms with Crippen LogP contribution in [0.25, 0.3) is 0 Å². The van der Waals surface area contributed by atoms with Crippen LogP contribution in [0.3, 0.4) is 0 Å². The Bertz CT molecular complexity index is 869. The second-order valence-electron chi connectivity index (χ2n) is 5.15. The molecule has 0 saturated carbocycles. The van der Waals surface area contributed by atoms with Crippen LogP contribution in [0.15, 0.2) is 36.4 Å². The van der Waals surface area contributed by atoms with Gasteiger partial charge in [-0.2, -0.15) is 0 Å². The molecule has 0 aliphatic rings. The van der Waals surface area contributed by atoms with E-state index in [1.807, 2.05) is 0 Å². The van der Waals surface area contributed by atoms with Crippen LogP contribution in [0.1, 0.15) is 11.1 Å². The molecule has 0 aliphatic heterocycles. The van der Waals surface area contributed by atoms with Gasteiger partial charge in [-0.3, -0.25) is 40.5 Å². The summed E-state index contributed by atoms with van der Waals surface area (Å²) in [5.74, 6) is 0. The average molecular weight is 378 g/mol. The molecule has 0 atom stereocenters. The van der Waals surface area contributed by atoms with Crippen LogP contribution < -0.4 is 0 Å². The van der Waals surface area contributed by atoms with Crippen LogP contribution in [-0.4, -0.2) is 19.7 Å². The van der Waals surface area contributed by atoms with Crippen LogP contribution in [-0.2, 0) is 18.0 Å². The minimum Gasteiger partial charge on any atom is -0.372 e. The summed E-state index contributed by atoms with van der Waals surface area (Å²) in [7, 11) is 0. The Morgan fingerprint density at radius 3 is 1.30 bits per heavy atom. The summed E-state index contributed by atoms with van der Waals surface area (Å²) < 4.78 is 5.24. The first-order valence-corrected chi connectivity index (χ1v) is 7.12. The highest BCUT2D eigenvalue weighted by atomic mass is 16.6. The zero-order valence-corrected chi connectivity index (χ0v) is 13.3. The summed E-state index contributed by atoms with van der Waals surface area (Å²) in [5, 5.41) is 43.5. The average Bonchev–Trinajstić information content (AvgIpc) is 2.61. The lowest BCUT2D eigenvalue weighted by Crippen LogP contribution is -2.03. The Labute approximate surface area is 149 Å². The Hall–Kier alpha value is -4.00. The first kappa shape index (κ1) is 19.3. The standard InChI is InChI=1S/C14H10N4O9/c19-15(20)11-3-1-9(13(5-11)17(23)24)7-27-8-10-2-4-12(16(21)22)6-14(10)18(25)26/h1-6H,7-8H2. The van der Waals surface area contributed by atoms with Crippen molar-refractivity contribution in [2.24, 2.45) is 0 Å². The Kier molecular flexibility index (Phi) is 5.67. The van der Waals surface area contributed by atoms with Crippen LogP contribution in [0.4, 0.5) is 22.7 Å². The summed E-state index contributed by atoms with van der Waals surface area (Å²) in [6.07, 6.45) is 0. The predicted molar refractivity (Wildman–Crippen MR) is 88.0 cm³/mol. The largest absolute Gasteiger partial charge is 0.372 e. The quantitative estimate of drug-likeness (QED) is 0.492. The summed E-state index contributed by atoms with van der Waals surface area (Å²) in [6.45, 7) is -0.690. The Morgan fingerprint density at radius 1 is 0.630 bits per heavy atom. The maximum absolute atomic E-state index is 11.0. The van der Waals surface area contributed by atoms with Crippen molar-refractivity contribution in [1.29, 1.82) is 0 Å². The van der Waals surface area contributed by atoms with Crippen LogP contribution >= 0.6 is 0 Å². The number of benzene rings is 2.